The van der Waals surface area contributed by atoms with Gasteiger partial charge in [0.1, 0.15) is 5.82 Å². The highest BCUT2D eigenvalue weighted by Gasteiger charge is 2.25. The van der Waals surface area contributed by atoms with Gasteiger partial charge in [0.2, 0.25) is 0 Å². The first-order valence-electron chi connectivity index (χ1n) is 16.6. The SMILES string of the molecule is C=C1/C=C\c2c([nH]c3ccccc23)N(c2ccc3c(c2)CCC(CNC(/C=C(\N)c2ccccc2)c2ccccc2)=C3)c2ccccc21. The third kappa shape index (κ3) is 5.68. The van der Waals surface area contributed by atoms with E-state index in [1.807, 2.05) is 18.2 Å². The van der Waals surface area contributed by atoms with Crippen LogP contribution in [0.15, 0.2) is 152 Å². The number of H-pyrrole nitrogens is 1. The van der Waals surface area contributed by atoms with Gasteiger partial charge in [-0.2, -0.15) is 0 Å². The molecule has 0 saturated heterocycles. The number of anilines is 3. The van der Waals surface area contributed by atoms with Crippen molar-refractivity contribution in [2.75, 3.05) is 11.4 Å². The zero-order valence-electron chi connectivity index (χ0n) is 26.9. The Balaban J connectivity index is 1.11. The van der Waals surface area contributed by atoms with Crippen LogP contribution in [0.2, 0.25) is 0 Å². The number of benzene rings is 5. The smallest absolute Gasteiger partial charge is 0.123 e. The minimum Gasteiger partial charge on any atom is -0.398 e. The van der Waals surface area contributed by atoms with Crippen molar-refractivity contribution in [3.63, 3.8) is 0 Å². The van der Waals surface area contributed by atoms with E-state index >= 15 is 0 Å². The molecule has 8 rings (SSSR count). The first-order chi connectivity index (χ1) is 23.6. The zero-order chi connectivity index (χ0) is 32.5. The van der Waals surface area contributed by atoms with Gasteiger partial charge in [-0.3, -0.25) is 4.90 Å². The predicted octanol–water partition coefficient (Wildman–Crippen LogP) is 10.3. The summed E-state index contributed by atoms with van der Waals surface area (Å²) in [6.45, 7) is 5.22. The average Bonchev–Trinajstić information content (AvgIpc) is 3.50. The van der Waals surface area contributed by atoms with E-state index in [0.717, 1.165) is 64.5 Å². The van der Waals surface area contributed by atoms with E-state index in [0.29, 0.717) is 0 Å². The fourth-order valence-corrected chi connectivity index (χ4v) is 6.99. The molecule has 0 spiro atoms. The lowest BCUT2D eigenvalue weighted by Crippen LogP contribution is -2.24. The molecule has 0 fully saturated rings. The van der Waals surface area contributed by atoms with Crippen LogP contribution >= 0.6 is 0 Å². The summed E-state index contributed by atoms with van der Waals surface area (Å²) in [6, 6.07) is 44.7. The Hall–Kier alpha value is -5.84. The molecule has 4 heteroatoms. The lowest BCUT2D eigenvalue weighted by atomic mass is 9.91. The van der Waals surface area contributed by atoms with Gasteiger partial charge < -0.3 is 16.0 Å². The van der Waals surface area contributed by atoms with Crippen LogP contribution < -0.4 is 16.0 Å². The molecule has 48 heavy (non-hydrogen) atoms. The number of hydrogen-bond acceptors (Lipinski definition) is 3. The van der Waals surface area contributed by atoms with Gasteiger partial charge in [0.05, 0.1) is 11.7 Å². The summed E-state index contributed by atoms with van der Waals surface area (Å²) in [5.41, 5.74) is 20.3. The van der Waals surface area contributed by atoms with Gasteiger partial charge in [0.15, 0.2) is 0 Å². The molecule has 2 heterocycles. The number of hydrogen-bond donors (Lipinski definition) is 3. The fourth-order valence-electron chi connectivity index (χ4n) is 6.99. The monoisotopic (exact) mass is 622 g/mol. The van der Waals surface area contributed by atoms with E-state index in [9.17, 15) is 0 Å². The van der Waals surface area contributed by atoms with E-state index in [-0.39, 0.29) is 6.04 Å². The quantitative estimate of drug-likeness (QED) is 0.166. The van der Waals surface area contributed by atoms with E-state index in [4.69, 9.17) is 5.73 Å². The lowest BCUT2D eigenvalue weighted by molar-refractivity contribution is 0.646. The number of nitrogens with zero attached hydrogens (tertiary/aromatic N) is 1. The highest BCUT2D eigenvalue weighted by atomic mass is 15.2. The summed E-state index contributed by atoms with van der Waals surface area (Å²) in [6.07, 6.45) is 10.8. The van der Waals surface area contributed by atoms with Crippen molar-refractivity contribution in [3.05, 3.63) is 185 Å². The van der Waals surface area contributed by atoms with Gasteiger partial charge in [0.25, 0.3) is 0 Å². The minimum absolute atomic E-state index is 0.00225. The number of aromatic nitrogens is 1. The molecule has 0 saturated carbocycles. The molecule has 4 N–H and O–H groups in total. The third-order valence-electron chi connectivity index (χ3n) is 9.51. The first kappa shape index (κ1) is 29.6. The van der Waals surface area contributed by atoms with Crippen LogP contribution in [0.1, 0.15) is 45.8 Å². The zero-order valence-corrected chi connectivity index (χ0v) is 26.9. The normalized spacial score (nSPS) is 15.5. The van der Waals surface area contributed by atoms with Crippen LogP contribution in [0.5, 0.6) is 0 Å². The number of rotatable bonds is 7. The molecule has 0 radical (unpaired) electrons. The standard InChI is InChI=1S/C44H38N4/c1-30-20-25-39-38-17-8-10-18-41(38)47-44(39)48(43-19-11-9-16-37(30)43)36-24-23-34-26-31(21-22-35(34)27-36)29-46-42(33-14-6-3-7-15-33)28-40(45)32-12-4-2-5-13-32/h2-20,23-28,42,46-47H,1,21-22,29,45H2/b25-20-,40-28-. The molecule has 1 aliphatic carbocycles. The first-order valence-corrected chi connectivity index (χ1v) is 16.6. The maximum absolute atomic E-state index is 6.58. The molecule has 6 aromatic rings. The summed E-state index contributed by atoms with van der Waals surface area (Å²) in [5.74, 6) is 1.07. The average molecular weight is 623 g/mol. The van der Waals surface area contributed by atoms with Crippen molar-refractivity contribution in [2.24, 2.45) is 5.73 Å². The Kier molecular flexibility index (Phi) is 7.85. The second-order valence-corrected chi connectivity index (χ2v) is 12.6. The molecule has 5 aromatic carbocycles. The molecule has 0 bridgehead atoms. The fraction of sp³-hybridized carbons (Fsp3) is 0.0909. The van der Waals surface area contributed by atoms with Gasteiger partial charge in [-0.05, 0) is 71.0 Å². The summed E-state index contributed by atoms with van der Waals surface area (Å²) in [4.78, 5) is 6.12. The molecule has 1 unspecified atom stereocenters. The third-order valence-corrected chi connectivity index (χ3v) is 9.51. The Labute approximate surface area is 282 Å². The molecular weight excluding hydrogens is 585 g/mol. The number of fused-ring (bicyclic) bond motifs is 5. The maximum atomic E-state index is 6.58. The van der Waals surface area contributed by atoms with Gasteiger partial charge in [-0.25, -0.2) is 0 Å². The number of aromatic amines is 1. The summed E-state index contributed by atoms with van der Waals surface area (Å²) < 4.78 is 0. The van der Waals surface area contributed by atoms with Crippen LogP contribution in [-0.4, -0.2) is 11.5 Å². The van der Waals surface area contributed by atoms with E-state index < -0.39 is 0 Å². The van der Waals surface area contributed by atoms with Crippen LogP contribution in [0, 0.1) is 0 Å². The topological polar surface area (TPSA) is 57.1 Å². The molecular formula is C44H38N4. The van der Waals surface area contributed by atoms with Crippen LogP contribution in [-0.2, 0) is 6.42 Å². The van der Waals surface area contributed by atoms with Crippen molar-refractivity contribution in [3.8, 4) is 0 Å². The largest absolute Gasteiger partial charge is 0.398 e. The Morgan fingerprint density at radius 3 is 2.44 bits per heavy atom. The Bertz CT molecular complexity index is 2220. The number of para-hydroxylation sites is 2. The van der Waals surface area contributed by atoms with Crippen LogP contribution in [0.4, 0.5) is 17.2 Å². The van der Waals surface area contributed by atoms with Crippen LogP contribution in [0.25, 0.3) is 34.3 Å². The summed E-state index contributed by atoms with van der Waals surface area (Å²) in [5, 5.41) is 5.00. The number of nitrogens with one attached hydrogen (secondary N) is 2. The molecule has 234 valence electrons. The minimum atomic E-state index is -0.00225. The Morgan fingerprint density at radius 1 is 0.833 bits per heavy atom. The second kappa shape index (κ2) is 12.7. The number of aryl methyl sites for hydroxylation is 1. The second-order valence-electron chi connectivity index (χ2n) is 12.6. The predicted molar refractivity (Wildman–Crippen MR) is 203 cm³/mol. The number of nitrogens with two attached hydrogens (primary N) is 1. The Morgan fingerprint density at radius 2 is 1.58 bits per heavy atom. The van der Waals surface area contributed by atoms with Gasteiger partial charge in [0, 0.05) is 40.0 Å². The molecule has 2 aliphatic rings. The van der Waals surface area contributed by atoms with Crippen molar-refractivity contribution in [1.29, 1.82) is 0 Å². The highest BCUT2D eigenvalue weighted by molar-refractivity contribution is 6.02. The molecule has 4 nitrogen and oxygen atoms in total. The summed E-state index contributed by atoms with van der Waals surface area (Å²) in [7, 11) is 0. The van der Waals surface area contributed by atoms with Crippen molar-refractivity contribution >= 4 is 51.5 Å². The van der Waals surface area contributed by atoms with Crippen LogP contribution in [0.3, 0.4) is 0 Å². The highest BCUT2D eigenvalue weighted by Crippen LogP contribution is 2.45. The van der Waals surface area contributed by atoms with Gasteiger partial charge in [-0.1, -0.05) is 134 Å². The molecule has 1 aliphatic heterocycles. The van der Waals surface area contributed by atoms with E-state index in [2.05, 4.69) is 155 Å². The number of allylic oxidation sites excluding steroid dienone is 2. The molecule has 1 atom stereocenters. The maximum Gasteiger partial charge on any atom is 0.123 e. The van der Waals surface area contributed by atoms with Gasteiger partial charge >= 0.3 is 0 Å². The van der Waals surface area contributed by atoms with Crippen molar-refractivity contribution < 1.29 is 0 Å². The van der Waals surface area contributed by atoms with Gasteiger partial charge in [-0.15, -0.1) is 0 Å². The van der Waals surface area contributed by atoms with Crippen molar-refractivity contribution in [1.82, 2.24) is 10.3 Å². The van der Waals surface area contributed by atoms with E-state index in [1.165, 1.54) is 33.2 Å². The summed E-state index contributed by atoms with van der Waals surface area (Å²) >= 11 is 0. The molecule has 1 aromatic heterocycles. The van der Waals surface area contributed by atoms with Crippen molar-refractivity contribution in [2.45, 2.75) is 18.9 Å². The van der Waals surface area contributed by atoms with E-state index in [1.54, 1.807) is 0 Å². The lowest BCUT2D eigenvalue weighted by Gasteiger charge is -2.30. The molecule has 0 amide bonds.